The molecule has 0 aliphatic rings. The Labute approximate surface area is 182 Å². The fourth-order valence-electron chi connectivity index (χ4n) is 2.60. The first kappa shape index (κ1) is 22.2. The minimum atomic E-state index is -0.610. The van der Waals surface area contributed by atoms with Crippen molar-refractivity contribution in [3.05, 3.63) is 89.5 Å². The molecule has 3 N–H and O–H groups in total. The first-order chi connectivity index (χ1) is 15.1. The van der Waals surface area contributed by atoms with Crippen LogP contribution in [0.2, 0.25) is 0 Å². The minimum absolute atomic E-state index is 0.228. The summed E-state index contributed by atoms with van der Waals surface area (Å²) in [5.41, 5.74) is 2.77. The lowest BCUT2D eigenvalue weighted by molar-refractivity contribution is 0.475. The fraction of sp³-hybridized carbons (Fsp3) is 0.125. The number of nitrogens with zero attached hydrogens (tertiary/aromatic N) is 3. The SMILES string of the molecule is Oc1ccc(/C=N\CP(C/N=C/c2ccc(O)cc2)C/N=C/c2ccc(O)cc2)cc1. The number of benzene rings is 3. The third-order valence-electron chi connectivity index (χ3n) is 4.25. The highest BCUT2D eigenvalue weighted by Crippen LogP contribution is 2.35. The lowest BCUT2D eigenvalue weighted by atomic mass is 10.2. The number of hydrogen-bond donors (Lipinski definition) is 3. The first-order valence-electron chi connectivity index (χ1n) is 9.67. The van der Waals surface area contributed by atoms with Crippen molar-refractivity contribution in [2.24, 2.45) is 15.0 Å². The van der Waals surface area contributed by atoms with Crippen LogP contribution in [0.5, 0.6) is 17.2 Å². The van der Waals surface area contributed by atoms with E-state index in [4.69, 9.17) is 0 Å². The average molecular weight is 433 g/mol. The highest BCUT2D eigenvalue weighted by molar-refractivity contribution is 7.57. The normalized spacial score (nSPS) is 11.9. The molecule has 0 radical (unpaired) electrons. The van der Waals surface area contributed by atoms with E-state index in [0.717, 1.165) is 16.7 Å². The third-order valence-corrected chi connectivity index (χ3v) is 5.94. The molecule has 0 saturated carbocycles. The van der Waals surface area contributed by atoms with E-state index in [1.54, 1.807) is 55.0 Å². The van der Waals surface area contributed by atoms with Crippen LogP contribution in [0.4, 0.5) is 0 Å². The van der Waals surface area contributed by atoms with Gasteiger partial charge in [0.2, 0.25) is 0 Å². The highest BCUT2D eigenvalue weighted by Gasteiger charge is 2.05. The van der Waals surface area contributed by atoms with Crippen molar-refractivity contribution in [1.82, 2.24) is 0 Å². The second-order valence-electron chi connectivity index (χ2n) is 6.80. The van der Waals surface area contributed by atoms with Gasteiger partial charge in [-0.25, -0.2) is 0 Å². The van der Waals surface area contributed by atoms with Gasteiger partial charge in [0, 0.05) is 18.6 Å². The molecule has 0 bridgehead atoms. The van der Waals surface area contributed by atoms with E-state index in [0.29, 0.717) is 18.9 Å². The molecule has 0 heterocycles. The Balaban J connectivity index is 1.62. The molecule has 158 valence electrons. The molecule has 3 aromatic rings. The number of aromatic hydroxyl groups is 3. The van der Waals surface area contributed by atoms with Crippen LogP contribution in [-0.4, -0.2) is 52.8 Å². The summed E-state index contributed by atoms with van der Waals surface area (Å²) in [6.07, 6.45) is 7.24. The van der Waals surface area contributed by atoms with Crippen molar-refractivity contribution in [1.29, 1.82) is 0 Å². The largest absolute Gasteiger partial charge is 0.508 e. The molecule has 0 amide bonds. The van der Waals surface area contributed by atoms with Crippen molar-refractivity contribution in [3.63, 3.8) is 0 Å². The van der Waals surface area contributed by atoms with E-state index in [1.165, 1.54) is 0 Å². The second kappa shape index (κ2) is 11.6. The minimum Gasteiger partial charge on any atom is -0.508 e. The van der Waals surface area contributed by atoms with Crippen molar-refractivity contribution in [2.45, 2.75) is 0 Å². The number of phenols is 3. The lowest BCUT2D eigenvalue weighted by Gasteiger charge is -2.10. The molecule has 0 aliphatic carbocycles. The zero-order valence-corrected chi connectivity index (χ0v) is 17.8. The molecule has 0 aromatic heterocycles. The maximum atomic E-state index is 9.38. The molecule has 31 heavy (non-hydrogen) atoms. The summed E-state index contributed by atoms with van der Waals surface area (Å²) in [5.74, 6) is 0.685. The van der Waals surface area contributed by atoms with Gasteiger partial charge in [-0.3, -0.25) is 15.0 Å². The van der Waals surface area contributed by atoms with E-state index in [-0.39, 0.29) is 17.2 Å². The van der Waals surface area contributed by atoms with Crippen molar-refractivity contribution in [3.8, 4) is 17.2 Å². The highest BCUT2D eigenvalue weighted by atomic mass is 31.1. The molecule has 0 spiro atoms. The van der Waals surface area contributed by atoms with Crippen LogP contribution < -0.4 is 0 Å². The fourth-order valence-corrected chi connectivity index (χ4v) is 3.81. The standard InChI is InChI=1S/C24H24N3O3P/c28-22-7-1-19(2-8-22)13-25-16-31(17-26-14-20-3-9-23(29)10-4-20)18-27-15-21-5-11-24(30)12-6-21/h1-15,28-30H,16-18H2/b25-13-,26-14+,27-15+. The molecular formula is C24H24N3O3P. The summed E-state index contributed by atoms with van der Waals surface area (Å²) >= 11 is 0. The van der Waals surface area contributed by atoms with Gasteiger partial charge < -0.3 is 15.3 Å². The van der Waals surface area contributed by atoms with Gasteiger partial charge in [0.25, 0.3) is 0 Å². The maximum absolute atomic E-state index is 9.38. The van der Waals surface area contributed by atoms with E-state index >= 15 is 0 Å². The molecule has 7 heteroatoms. The average Bonchev–Trinajstić information content (AvgIpc) is 2.77. The Morgan fingerprint density at radius 1 is 0.484 bits per heavy atom. The topological polar surface area (TPSA) is 97.8 Å². The summed E-state index contributed by atoms with van der Waals surface area (Å²) in [5, 5.41) is 28.1. The second-order valence-corrected chi connectivity index (χ2v) is 8.99. The van der Waals surface area contributed by atoms with Gasteiger partial charge in [-0.1, -0.05) is 0 Å². The molecule has 6 nitrogen and oxygen atoms in total. The molecule has 0 fully saturated rings. The Bertz CT molecular complexity index is 894. The smallest absolute Gasteiger partial charge is 0.115 e. The van der Waals surface area contributed by atoms with Gasteiger partial charge >= 0.3 is 0 Å². The lowest BCUT2D eigenvalue weighted by Crippen LogP contribution is -1.93. The molecule has 3 aromatic carbocycles. The third kappa shape index (κ3) is 8.03. The van der Waals surface area contributed by atoms with Gasteiger partial charge in [0.15, 0.2) is 0 Å². The van der Waals surface area contributed by atoms with Gasteiger partial charge in [-0.05, 0) is 97.4 Å². The summed E-state index contributed by atoms with van der Waals surface area (Å²) in [4.78, 5) is 13.7. The van der Waals surface area contributed by atoms with Crippen LogP contribution in [-0.2, 0) is 0 Å². The van der Waals surface area contributed by atoms with Crippen LogP contribution in [0.15, 0.2) is 87.8 Å². The first-order valence-corrected chi connectivity index (χ1v) is 11.6. The summed E-state index contributed by atoms with van der Waals surface area (Å²) in [7, 11) is -0.610. The maximum Gasteiger partial charge on any atom is 0.115 e. The zero-order chi connectivity index (χ0) is 21.9. The molecular weight excluding hydrogens is 409 g/mol. The van der Waals surface area contributed by atoms with Crippen LogP contribution in [0.3, 0.4) is 0 Å². The Kier molecular flexibility index (Phi) is 8.32. The zero-order valence-electron chi connectivity index (χ0n) is 16.9. The number of rotatable bonds is 9. The van der Waals surface area contributed by atoms with Crippen molar-refractivity contribution < 1.29 is 15.3 Å². The van der Waals surface area contributed by atoms with E-state index in [1.807, 2.05) is 36.4 Å². The Hall–Kier alpha value is -3.50. The quantitative estimate of drug-likeness (QED) is 0.333. The summed E-state index contributed by atoms with van der Waals surface area (Å²) < 4.78 is 0. The van der Waals surface area contributed by atoms with Crippen molar-refractivity contribution >= 4 is 26.6 Å². The van der Waals surface area contributed by atoms with Crippen LogP contribution in [0, 0.1) is 0 Å². The van der Waals surface area contributed by atoms with Gasteiger partial charge in [0.05, 0.1) is 18.9 Å². The van der Waals surface area contributed by atoms with E-state index < -0.39 is 7.92 Å². The predicted molar refractivity (Wildman–Crippen MR) is 129 cm³/mol. The van der Waals surface area contributed by atoms with Gasteiger partial charge in [0.1, 0.15) is 17.2 Å². The van der Waals surface area contributed by atoms with E-state index in [2.05, 4.69) is 15.0 Å². The van der Waals surface area contributed by atoms with Crippen LogP contribution in [0.1, 0.15) is 16.7 Å². The number of phenolic OH excluding ortho intramolecular Hbond substituents is 3. The van der Waals surface area contributed by atoms with Crippen LogP contribution >= 0.6 is 7.92 Å². The van der Waals surface area contributed by atoms with Gasteiger partial charge in [-0.15, -0.1) is 0 Å². The monoisotopic (exact) mass is 433 g/mol. The Morgan fingerprint density at radius 3 is 1.00 bits per heavy atom. The molecule has 0 saturated heterocycles. The molecule has 0 aliphatic heterocycles. The van der Waals surface area contributed by atoms with Gasteiger partial charge in [-0.2, -0.15) is 0 Å². The molecule has 3 rings (SSSR count). The summed E-state index contributed by atoms with van der Waals surface area (Å²) in [6, 6.07) is 20.7. The van der Waals surface area contributed by atoms with Crippen molar-refractivity contribution in [2.75, 3.05) is 18.9 Å². The molecule has 0 atom stereocenters. The van der Waals surface area contributed by atoms with E-state index in [9.17, 15) is 15.3 Å². The summed E-state index contributed by atoms with van der Waals surface area (Å²) in [6.45, 7) is 0. The predicted octanol–water partition coefficient (Wildman–Crippen LogP) is 4.81. The number of hydrogen-bond acceptors (Lipinski definition) is 6. The molecule has 0 unspecified atom stereocenters. The Morgan fingerprint density at radius 2 is 0.742 bits per heavy atom. The van der Waals surface area contributed by atoms with Crippen LogP contribution in [0.25, 0.3) is 0 Å². The number of aliphatic imine (C=N–C) groups is 3.